The Morgan fingerprint density at radius 3 is 2.94 bits per heavy atom. The lowest BCUT2D eigenvalue weighted by Gasteiger charge is -2.10. The van der Waals surface area contributed by atoms with Gasteiger partial charge in [-0.15, -0.1) is 0 Å². The van der Waals surface area contributed by atoms with E-state index in [1.807, 2.05) is 13.8 Å². The molecule has 0 saturated carbocycles. The van der Waals surface area contributed by atoms with E-state index in [9.17, 15) is 4.79 Å². The van der Waals surface area contributed by atoms with Gasteiger partial charge in [-0.05, 0) is 13.8 Å². The van der Waals surface area contributed by atoms with Gasteiger partial charge >= 0.3 is 0 Å². The zero-order chi connectivity index (χ0) is 12.3. The SMILES string of the molecule is CC(C)n1ccnc(NCc2ncon2)c1=O. The molecular formula is C10H13N5O2. The topological polar surface area (TPSA) is 85.8 Å². The molecule has 2 rings (SSSR count). The van der Waals surface area contributed by atoms with Crippen LogP contribution >= 0.6 is 0 Å². The van der Waals surface area contributed by atoms with Gasteiger partial charge in [-0.25, -0.2) is 4.98 Å². The quantitative estimate of drug-likeness (QED) is 0.844. The van der Waals surface area contributed by atoms with Gasteiger partial charge in [0, 0.05) is 18.4 Å². The van der Waals surface area contributed by atoms with Crippen molar-refractivity contribution >= 4 is 5.82 Å². The Labute approximate surface area is 97.5 Å². The molecule has 90 valence electrons. The fraction of sp³-hybridized carbons (Fsp3) is 0.400. The van der Waals surface area contributed by atoms with Gasteiger partial charge in [0.15, 0.2) is 11.6 Å². The van der Waals surface area contributed by atoms with Crippen LogP contribution in [-0.4, -0.2) is 19.7 Å². The molecule has 0 fully saturated rings. The Morgan fingerprint density at radius 2 is 2.29 bits per heavy atom. The first-order valence-electron chi connectivity index (χ1n) is 5.24. The normalized spacial score (nSPS) is 10.8. The Bertz CT molecular complexity index is 532. The first-order chi connectivity index (χ1) is 8.18. The molecule has 0 aliphatic heterocycles. The number of nitrogens with zero attached hydrogens (tertiary/aromatic N) is 4. The smallest absolute Gasteiger partial charge is 0.293 e. The largest absolute Gasteiger partial charge is 0.358 e. The van der Waals surface area contributed by atoms with Crippen LogP contribution < -0.4 is 10.9 Å². The van der Waals surface area contributed by atoms with Gasteiger partial charge in [-0.2, -0.15) is 4.98 Å². The second kappa shape index (κ2) is 4.77. The minimum atomic E-state index is -0.161. The van der Waals surface area contributed by atoms with Gasteiger partial charge in [-0.1, -0.05) is 5.16 Å². The van der Waals surface area contributed by atoms with Gasteiger partial charge in [0.2, 0.25) is 6.39 Å². The van der Waals surface area contributed by atoms with Gasteiger partial charge in [0.1, 0.15) is 0 Å². The molecule has 0 radical (unpaired) electrons. The maximum atomic E-state index is 11.9. The van der Waals surface area contributed by atoms with Crippen LogP contribution in [0, 0.1) is 0 Å². The Balaban J connectivity index is 2.16. The van der Waals surface area contributed by atoms with Crippen LogP contribution in [0.1, 0.15) is 25.7 Å². The molecule has 0 saturated heterocycles. The fourth-order valence-corrected chi connectivity index (χ4v) is 1.39. The fourth-order valence-electron chi connectivity index (χ4n) is 1.39. The molecule has 1 N–H and O–H groups in total. The maximum absolute atomic E-state index is 11.9. The van der Waals surface area contributed by atoms with Crippen molar-refractivity contribution in [2.75, 3.05) is 5.32 Å². The molecule has 0 unspecified atom stereocenters. The predicted molar refractivity (Wildman–Crippen MR) is 60.5 cm³/mol. The number of rotatable bonds is 4. The molecule has 2 heterocycles. The third kappa shape index (κ3) is 2.49. The number of hydrogen-bond acceptors (Lipinski definition) is 6. The summed E-state index contributed by atoms with van der Waals surface area (Å²) in [6.45, 7) is 4.18. The van der Waals surface area contributed by atoms with Crippen molar-refractivity contribution < 1.29 is 4.52 Å². The van der Waals surface area contributed by atoms with E-state index >= 15 is 0 Å². The number of anilines is 1. The standard InChI is InChI=1S/C10H13N5O2/c1-7(2)15-4-3-11-9(10(15)16)12-5-8-13-6-17-14-8/h3-4,6-7H,5H2,1-2H3,(H,11,12). The summed E-state index contributed by atoms with van der Waals surface area (Å²) in [6.07, 6.45) is 4.48. The molecule has 7 nitrogen and oxygen atoms in total. The number of nitrogens with one attached hydrogen (secondary N) is 1. The molecule has 0 spiro atoms. The molecule has 17 heavy (non-hydrogen) atoms. The highest BCUT2D eigenvalue weighted by molar-refractivity contribution is 5.30. The highest BCUT2D eigenvalue weighted by Gasteiger charge is 2.07. The van der Waals surface area contributed by atoms with Crippen molar-refractivity contribution in [3.63, 3.8) is 0 Å². The van der Waals surface area contributed by atoms with Gasteiger partial charge in [0.25, 0.3) is 5.56 Å². The van der Waals surface area contributed by atoms with Crippen LogP contribution in [0.4, 0.5) is 5.82 Å². The summed E-state index contributed by atoms with van der Waals surface area (Å²) in [6, 6.07) is 0.0937. The molecule has 2 aromatic rings. The van der Waals surface area contributed by atoms with Crippen molar-refractivity contribution in [1.29, 1.82) is 0 Å². The van der Waals surface area contributed by atoms with Gasteiger partial charge in [-0.3, -0.25) is 4.79 Å². The number of aromatic nitrogens is 4. The van der Waals surface area contributed by atoms with Gasteiger partial charge in [0.05, 0.1) is 6.54 Å². The van der Waals surface area contributed by atoms with E-state index < -0.39 is 0 Å². The highest BCUT2D eigenvalue weighted by Crippen LogP contribution is 2.02. The lowest BCUT2D eigenvalue weighted by atomic mass is 10.4. The monoisotopic (exact) mass is 235 g/mol. The summed E-state index contributed by atoms with van der Waals surface area (Å²) < 4.78 is 6.19. The van der Waals surface area contributed by atoms with Crippen LogP contribution in [0.2, 0.25) is 0 Å². The van der Waals surface area contributed by atoms with E-state index in [-0.39, 0.29) is 17.4 Å². The summed E-state index contributed by atoms with van der Waals surface area (Å²) in [5.41, 5.74) is -0.161. The number of hydrogen-bond donors (Lipinski definition) is 1. The zero-order valence-electron chi connectivity index (χ0n) is 9.62. The Hall–Kier alpha value is -2.18. The van der Waals surface area contributed by atoms with Crippen molar-refractivity contribution in [2.24, 2.45) is 0 Å². The molecule has 7 heteroatoms. The van der Waals surface area contributed by atoms with E-state index in [4.69, 9.17) is 0 Å². The van der Waals surface area contributed by atoms with Crippen LogP contribution in [0.5, 0.6) is 0 Å². The average Bonchev–Trinajstić information content (AvgIpc) is 2.80. The van der Waals surface area contributed by atoms with Crippen LogP contribution in [-0.2, 0) is 6.54 Å². The van der Waals surface area contributed by atoms with E-state index in [2.05, 4.69) is 25.0 Å². The second-order valence-corrected chi connectivity index (χ2v) is 3.78. The van der Waals surface area contributed by atoms with Crippen molar-refractivity contribution in [3.8, 4) is 0 Å². The molecule has 0 aromatic carbocycles. The molecule has 0 aliphatic rings. The van der Waals surface area contributed by atoms with E-state index in [0.717, 1.165) is 0 Å². The summed E-state index contributed by atoms with van der Waals surface area (Å²) in [5, 5.41) is 6.51. The molecule has 0 atom stereocenters. The summed E-state index contributed by atoms with van der Waals surface area (Å²) >= 11 is 0. The summed E-state index contributed by atoms with van der Waals surface area (Å²) in [4.78, 5) is 19.8. The van der Waals surface area contributed by atoms with Crippen molar-refractivity contribution in [3.05, 3.63) is 35.0 Å². The third-order valence-electron chi connectivity index (χ3n) is 2.25. The van der Waals surface area contributed by atoms with Crippen LogP contribution in [0.25, 0.3) is 0 Å². The minimum absolute atomic E-state index is 0.0937. The van der Waals surface area contributed by atoms with Crippen LogP contribution in [0.3, 0.4) is 0 Å². The first-order valence-corrected chi connectivity index (χ1v) is 5.24. The zero-order valence-corrected chi connectivity index (χ0v) is 9.62. The molecule has 0 aliphatic carbocycles. The van der Waals surface area contributed by atoms with Gasteiger partial charge < -0.3 is 14.4 Å². The Morgan fingerprint density at radius 1 is 1.47 bits per heavy atom. The van der Waals surface area contributed by atoms with Crippen molar-refractivity contribution in [2.45, 2.75) is 26.4 Å². The maximum Gasteiger partial charge on any atom is 0.293 e. The predicted octanol–water partition coefficient (Wildman–Crippen LogP) is 0.819. The van der Waals surface area contributed by atoms with Crippen molar-refractivity contribution in [1.82, 2.24) is 19.7 Å². The average molecular weight is 235 g/mol. The summed E-state index contributed by atoms with van der Waals surface area (Å²) in [5.74, 6) is 0.761. The first kappa shape index (κ1) is 11.3. The van der Waals surface area contributed by atoms with E-state index in [1.165, 1.54) is 6.39 Å². The van der Waals surface area contributed by atoms with Crippen LogP contribution in [0.15, 0.2) is 28.1 Å². The Kier molecular flexibility index (Phi) is 3.17. The third-order valence-corrected chi connectivity index (χ3v) is 2.25. The molecule has 0 bridgehead atoms. The lowest BCUT2D eigenvalue weighted by Crippen LogP contribution is -2.25. The lowest BCUT2D eigenvalue weighted by molar-refractivity contribution is 0.411. The minimum Gasteiger partial charge on any atom is -0.358 e. The van der Waals surface area contributed by atoms with E-state index in [1.54, 1.807) is 17.0 Å². The molecule has 0 amide bonds. The highest BCUT2D eigenvalue weighted by atomic mass is 16.5. The second-order valence-electron chi connectivity index (χ2n) is 3.78. The molecule has 2 aromatic heterocycles. The summed E-state index contributed by atoms with van der Waals surface area (Å²) in [7, 11) is 0. The van der Waals surface area contributed by atoms with E-state index in [0.29, 0.717) is 12.4 Å². The molecular weight excluding hydrogens is 222 g/mol.